The summed E-state index contributed by atoms with van der Waals surface area (Å²) in [7, 11) is -3.72. The van der Waals surface area contributed by atoms with Crippen molar-refractivity contribution < 1.29 is 17.6 Å². The Morgan fingerprint density at radius 1 is 1.21 bits per heavy atom. The summed E-state index contributed by atoms with van der Waals surface area (Å²) in [5, 5.41) is 0.227. The van der Waals surface area contributed by atoms with Gasteiger partial charge in [-0.2, -0.15) is 0 Å². The highest BCUT2D eigenvalue weighted by molar-refractivity contribution is 7.92. The SMILES string of the molecule is Cc1ccc(Cl)c(N(CC(=O)Cc2ccccc2F)S(C)(=O)=O)c1. The highest BCUT2D eigenvalue weighted by Gasteiger charge is 2.23. The van der Waals surface area contributed by atoms with Crippen molar-refractivity contribution in [2.75, 3.05) is 17.1 Å². The van der Waals surface area contributed by atoms with E-state index in [0.717, 1.165) is 16.1 Å². The smallest absolute Gasteiger partial charge is 0.232 e. The molecule has 0 amide bonds. The van der Waals surface area contributed by atoms with Crippen molar-refractivity contribution in [3.63, 3.8) is 0 Å². The molecular weight excluding hydrogens is 353 g/mol. The van der Waals surface area contributed by atoms with Gasteiger partial charge in [-0.3, -0.25) is 9.10 Å². The fraction of sp³-hybridized carbons (Fsp3) is 0.235. The first-order chi connectivity index (χ1) is 11.2. The quantitative estimate of drug-likeness (QED) is 0.784. The van der Waals surface area contributed by atoms with Crippen LogP contribution in [-0.4, -0.2) is 27.0 Å². The summed E-state index contributed by atoms with van der Waals surface area (Å²) < 4.78 is 38.8. The Bertz CT molecular complexity index is 868. The van der Waals surface area contributed by atoms with E-state index in [1.54, 1.807) is 31.2 Å². The van der Waals surface area contributed by atoms with E-state index in [4.69, 9.17) is 11.6 Å². The molecule has 0 spiro atoms. The van der Waals surface area contributed by atoms with Crippen molar-refractivity contribution in [3.8, 4) is 0 Å². The minimum atomic E-state index is -3.72. The number of benzene rings is 2. The van der Waals surface area contributed by atoms with Gasteiger partial charge in [-0.05, 0) is 36.2 Å². The van der Waals surface area contributed by atoms with E-state index in [1.165, 1.54) is 18.2 Å². The molecule has 7 heteroatoms. The minimum Gasteiger partial charge on any atom is -0.297 e. The molecule has 2 rings (SSSR count). The van der Waals surface area contributed by atoms with Crippen LogP contribution >= 0.6 is 11.6 Å². The molecule has 2 aromatic carbocycles. The number of hydrogen-bond donors (Lipinski definition) is 0. The van der Waals surface area contributed by atoms with Gasteiger partial charge in [-0.15, -0.1) is 0 Å². The Balaban J connectivity index is 2.29. The Labute approximate surface area is 145 Å². The van der Waals surface area contributed by atoms with E-state index < -0.39 is 28.2 Å². The number of halogens is 2. The van der Waals surface area contributed by atoms with Crippen molar-refractivity contribution in [1.29, 1.82) is 0 Å². The first-order valence-corrected chi connectivity index (χ1v) is 9.40. The van der Waals surface area contributed by atoms with Crippen molar-refractivity contribution in [2.45, 2.75) is 13.3 Å². The summed E-state index contributed by atoms with van der Waals surface area (Å²) in [5.41, 5.74) is 1.27. The van der Waals surface area contributed by atoms with Crippen LogP contribution in [0.3, 0.4) is 0 Å². The van der Waals surface area contributed by atoms with E-state index in [2.05, 4.69) is 0 Å². The monoisotopic (exact) mass is 369 g/mol. The molecule has 0 fully saturated rings. The molecule has 0 aliphatic heterocycles. The molecule has 0 heterocycles. The Morgan fingerprint density at radius 3 is 2.50 bits per heavy atom. The van der Waals surface area contributed by atoms with Crippen LogP contribution in [0.1, 0.15) is 11.1 Å². The Kier molecular flexibility index (Phi) is 5.62. The summed E-state index contributed by atoms with van der Waals surface area (Å²) >= 11 is 6.09. The second-order valence-electron chi connectivity index (χ2n) is 5.53. The van der Waals surface area contributed by atoms with Crippen LogP contribution < -0.4 is 4.31 Å². The average Bonchev–Trinajstić information content (AvgIpc) is 2.49. The van der Waals surface area contributed by atoms with Crippen molar-refractivity contribution in [3.05, 3.63) is 64.4 Å². The molecule has 4 nitrogen and oxygen atoms in total. The number of rotatable bonds is 6. The lowest BCUT2D eigenvalue weighted by atomic mass is 10.1. The van der Waals surface area contributed by atoms with E-state index in [0.29, 0.717) is 0 Å². The molecule has 0 aliphatic rings. The number of hydrogen-bond acceptors (Lipinski definition) is 3. The Hall–Kier alpha value is -1.92. The van der Waals surface area contributed by atoms with Gasteiger partial charge < -0.3 is 0 Å². The number of ketones is 1. The van der Waals surface area contributed by atoms with Gasteiger partial charge in [0.2, 0.25) is 10.0 Å². The molecule has 0 saturated heterocycles. The van der Waals surface area contributed by atoms with Gasteiger partial charge in [0.15, 0.2) is 5.78 Å². The largest absolute Gasteiger partial charge is 0.297 e. The summed E-state index contributed by atoms with van der Waals surface area (Å²) in [4.78, 5) is 12.3. The van der Waals surface area contributed by atoms with Crippen LogP contribution in [0.25, 0.3) is 0 Å². The molecule has 0 unspecified atom stereocenters. The van der Waals surface area contributed by atoms with Crippen molar-refractivity contribution in [1.82, 2.24) is 0 Å². The third kappa shape index (κ3) is 4.55. The molecular formula is C17H17ClFNO3S. The maximum Gasteiger partial charge on any atom is 0.232 e. The second-order valence-corrected chi connectivity index (χ2v) is 7.85. The van der Waals surface area contributed by atoms with Gasteiger partial charge in [-0.25, -0.2) is 12.8 Å². The zero-order chi connectivity index (χ0) is 17.9. The predicted octanol–water partition coefficient (Wildman–Crippen LogP) is 3.37. The molecule has 0 aromatic heterocycles. The summed E-state index contributed by atoms with van der Waals surface area (Å²) in [6.07, 6.45) is 0.810. The zero-order valence-corrected chi connectivity index (χ0v) is 14.9. The fourth-order valence-electron chi connectivity index (χ4n) is 2.27. The molecule has 0 saturated carbocycles. The first kappa shape index (κ1) is 18.4. The van der Waals surface area contributed by atoms with Crippen LogP contribution in [0.5, 0.6) is 0 Å². The number of sulfonamides is 1. The topological polar surface area (TPSA) is 54.5 Å². The third-order valence-corrected chi connectivity index (χ3v) is 4.88. The van der Waals surface area contributed by atoms with E-state index in [9.17, 15) is 17.6 Å². The van der Waals surface area contributed by atoms with Gasteiger partial charge in [0, 0.05) is 6.42 Å². The molecule has 0 aliphatic carbocycles. The van der Waals surface area contributed by atoms with Crippen molar-refractivity contribution >= 4 is 33.1 Å². The lowest BCUT2D eigenvalue weighted by molar-refractivity contribution is -0.117. The zero-order valence-electron chi connectivity index (χ0n) is 13.3. The number of carbonyl (C=O) groups excluding carboxylic acids is 1. The molecule has 0 bridgehead atoms. The number of nitrogens with zero attached hydrogens (tertiary/aromatic N) is 1. The van der Waals surface area contributed by atoms with Gasteiger partial charge in [0.1, 0.15) is 5.82 Å². The number of carbonyl (C=O) groups is 1. The number of aryl methyl sites for hydroxylation is 1. The maximum absolute atomic E-state index is 13.7. The standard InChI is InChI=1S/C17H17ClFNO3S/c1-12-7-8-15(18)17(9-12)20(24(2,22)23)11-14(21)10-13-5-3-4-6-16(13)19/h3-9H,10-11H2,1-2H3. The number of Topliss-reactive ketones (excluding diaryl/α,β-unsaturated/α-hetero) is 1. The predicted molar refractivity (Wildman–Crippen MR) is 93.5 cm³/mol. The summed E-state index contributed by atoms with van der Waals surface area (Å²) in [6, 6.07) is 10.8. The second kappa shape index (κ2) is 7.32. The normalized spacial score (nSPS) is 11.3. The highest BCUT2D eigenvalue weighted by atomic mass is 35.5. The van der Waals surface area contributed by atoms with Crippen LogP contribution in [0, 0.1) is 12.7 Å². The highest BCUT2D eigenvalue weighted by Crippen LogP contribution is 2.28. The molecule has 0 atom stereocenters. The minimum absolute atomic E-state index is 0.192. The summed E-state index contributed by atoms with van der Waals surface area (Å²) in [6.45, 7) is 1.39. The van der Waals surface area contributed by atoms with Crippen LogP contribution in [0.4, 0.5) is 10.1 Å². The third-order valence-electron chi connectivity index (χ3n) is 3.44. The van der Waals surface area contributed by atoms with Gasteiger partial charge in [0.05, 0.1) is 23.5 Å². The van der Waals surface area contributed by atoms with Gasteiger partial charge in [0.25, 0.3) is 0 Å². The maximum atomic E-state index is 13.7. The first-order valence-electron chi connectivity index (χ1n) is 7.17. The van der Waals surface area contributed by atoms with Crippen LogP contribution in [-0.2, 0) is 21.2 Å². The lowest BCUT2D eigenvalue weighted by Gasteiger charge is -2.23. The van der Waals surface area contributed by atoms with E-state index >= 15 is 0 Å². The van der Waals surface area contributed by atoms with E-state index in [-0.39, 0.29) is 22.7 Å². The summed E-state index contributed by atoms with van der Waals surface area (Å²) in [5.74, 6) is -0.923. The fourth-order valence-corrected chi connectivity index (χ4v) is 3.42. The molecule has 2 aromatic rings. The Morgan fingerprint density at radius 2 is 1.88 bits per heavy atom. The van der Waals surface area contributed by atoms with Gasteiger partial charge in [-0.1, -0.05) is 35.9 Å². The van der Waals surface area contributed by atoms with E-state index in [1.807, 2.05) is 0 Å². The molecule has 0 radical (unpaired) electrons. The number of anilines is 1. The van der Waals surface area contributed by atoms with Gasteiger partial charge >= 0.3 is 0 Å². The molecule has 0 N–H and O–H groups in total. The van der Waals surface area contributed by atoms with Crippen LogP contribution in [0.2, 0.25) is 5.02 Å². The van der Waals surface area contributed by atoms with Crippen LogP contribution in [0.15, 0.2) is 42.5 Å². The average molecular weight is 370 g/mol. The lowest BCUT2D eigenvalue weighted by Crippen LogP contribution is -2.36. The molecule has 24 heavy (non-hydrogen) atoms. The molecule has 128 valence electrons. The van der Waals surface area contributed by atoms with Crippen molar-refractivity contribution in [2.24, 2.45) is 0 Å².